The van der Waals surface area contributed by atoms with Crippen LogP contribution in [0.5, 0.6) is 0 Å². The van der Waals surface area contributed by atoms with Gasteiger partial charge in [0.2, 0.25) is 0 Å². The summed E-state index contributed by atoms with van der Waals surface area (Å²) in [4.78, 5) is 4.81. The largest absolute Gasteiger partial charge is 0.313 e. The lowest BCUT2D eigenvalue weighted by Gasteiger charge is -2.22. The van der Waals surface area contributed by atoms with Crippen molar-refractivity contribution in [2.45, 2.75) is 30.2 Å². The van der Waals surface area contributed by atoms with Gasteiger partial charge in [0.25, 0.3) is 0 Å². The van der Waals surface area contributed by atoms with E-state index in [1.807, 2.05) is 12.1 Å². The summed E-state index contributed by atoms with van der Waals surface area (Å²) in [5.41, 5.74) is 0. The SMILES string of the molecule is O=[S@](C[C@@H]1CCCCN1)c1ccncc1. The molecule has 0 saturated carbocycles. The molecule has 1 N–H and O–H groups in total. The van der Waals surface area contributed by atoms with Crippen LogP contribution in [0.2, 0.25) is 0 Å². The zero-order valence-corrected chi connectivity index (χ0v) is 9.50. The smallest absolute Gasteiger partial charge is 0.0546 e. The van der Waals surface area contributed by atoms with Gasteiger partial charge in [-0.15, -0.1) is 0 Å². The Labute approximate surface area is 92.8 Å². The average molecular weight is 224 g/mol. The fourth-order valence-corrected chi connectivity index (χ4v) is 3.10. The second kappa shape index (κ2) is 5.37. The van der Waals surface area contributed by atoms with Gasteiger partial charge in [0, 0.05) is 29.1 Å². The summed E-state index contributed by atoms with van der Waals surface area (Å²) in [7, 11) is -0.883. The fraction of sp³-hybridized carbons (Fsp3) is 0.545. The third-order valence-corrected chi connectivity index (χ3v) is 4.18. The molecule has 0 bridgehead atoms. The molecule has 4 heteroatoms. The van der Waals surface area contributed by atoms with Gasteiger partial charge >= 0.3 is 0 Å². The Kier molecular flexibility index (Phi) is 3.86. The van der Waals surface area contributed by atoms with Gasteiger partial charge in [-0.25, -0.2) is 0 Å². The maximum absolute atomic E-state index is 12.0. The summed E-state index contributed by atoms with van der Waals surface area (Å²) in [6, 6.07) is 4.09. The third-order valence-electron chi connectivity index (χ3n) is 2.68. The number of hydrogen-bond acceptors (Lipinski definition) is 3. The summed E-state index contributed by atoms with van der Waals surface area (Å²) < 4.78 is 12.0. The van der Waals surface area contributed by atoms with Crippen LogP contribution in [0.25, 0.3) is 0 Å². The Morgan fingerprint density at radius 3 is 2.87 bits per heavy atom. The molecule has 0 unspecified atom stereocenters. The first-order chi connectivity index (χ1) is 7.36. The van der Waals surface area contributed by atoms with Crippen molar-refractivity contribution in [2.24, 2.45) is 0 Å². The van der Waals surface area contributed by atoms with E-state index in [-0.39, 0.29) is 0 Å². The highest BCUT2D eigenvalue weighted by molar-refractivity contribution is 7.85. The van der Waals surface area contributed by atoms with E-state index >= 15 is 0 Å². The molecule has 1 aliphatic rings. The van der Waals surface area contributed by atoms with Crippen molar-refractivity contribution in [3.63, 3.8) is 0 Å². The monoisotopic (exact) mass is 224 g/mol. The van der Waals surface area contributed by atoms with Gasteiger partial charge in [-0.05, 0) is 31.5 Å². The minimum Gasteiger partial charge on any atom is -0.313 e. The molecule has 0 spiro atoms. The van der Waals surface area contributed by atoms with Crippen molar-refractivity contribution in [1.29, 1.82) is 0 Å². The zero-order valence-electron chi connectivity index (χ0n) is 8.69. The van der Waals surface area contributed by atoms with Crippen LogP contribution >= 0.6 is 0 Å². The number of nitrogens with zero attached hydrogens (tertiary/aromatic N) is 1. The number of pyridine rings is 1. The van der Waals surface area contributed by atoms with E-state index in [1.54, 1.807) is 12.4 Å². The lowest BCUT2D eigenvalue weighted by molar-refractivity contribution is 0.427. The molecule has 1 fully saturated rings. The van der Waals surface area contributed by atoms with Crippen molar-refractivity contribution in [3.8, 4) is 0 Å². The van der Waals surface area contributed by atoms with E-state index in [0.717, 1.165) is 23.6 Å². The molecule has 15 heavy (non-hydrogen) atoms. The molecule has 2 atom stereocenters. The van der Waals surface area contributed by atoms with Crippen LogP contribution in [0, 0.1) is 0 Å². The minimum atomic E-state index is -0.883. The Bertz CT molecular complexity index is 323. The number of piperidine rings is 1. The summed E-state index contributed by atoms with van der Waals surface area (Å²) in [6.45, 7) is 1.07. The summed E-state index contributed by atoms with van der Waals surface area (Å²) in [5.74, 6) is 0.726. The van der Waals surface area contributed by atoms with Crippen molar-refractivity contribution < 1.29 is 4.21 Å². The second-order valence-corrected chi connectivity index (χ2v) is 5.34. The van der Waals surface area contributed by atoms with Crippen LogP contribution in [-0.2, 0) is 10.8 Å². The molecule has 2 heterocycles. The Morgan fingerprint density at radius 1 is 1.40 bits per heavy atom. The predicted octanol–water partition coefficient (Wildman–Crippen LogP) is 1.33. The Balaban J connectivity index is 1.91. The molecule has 3 nitrogen and oxygen atoms in total. The zero-order chi connectivity index (χ0) is 10.5. The van der Waals surface area contributed by atoms with Crippen molar-refractivity contribution >= 4 is 10.8 Å². The van der Waals surface area contributed by atoms with Crippen LogP contribution in [0.3, 0.4) is 0 Å². The van der Waals surface area contributed by atoms with E-state index in [4.69, 9.17) is 0 Å². The lowest BCUT2D eigenvalue weighted by Crippen LogP contribution is -2.38. The normalized spacial score (nSPS) is 23.6. The molecule has 0 radical (unpaired) electrons. The Morgan fingerprint density at radius 2 is 2.20 bits per heavy atom. The quantitative estimate of drug-likeness (QED) is 0.842. The molecule has 1 saturated heterocycles. The molecule has 1 aromatic rings. The van der Waals surface area contributed by atoms with E-state index in [1.165, 1.54) is 12.8 Å². The minimum absolute atomic E-state index is 0.424. The topological polar surface area (TPSA) is 42.0 Å². The molecule has 82 valence electrons. The first-order valence-electron chi connectivity index (χ1n) is 5.38. The fourth-order valence-electron chi connectivity index (χ4n) is 1.84. The highest BCUT2D eigenvalue weighted by Crippen LogP contribution is 2.11. The van der Waals surface area contributed by atoms with E-state index in [9.17, 15) is 4.21 Å². The third kappa shape index (κ3) is 3.11. The van der Waals surface area contributed by atoms with Gasteiger partial charge in [-0.3, -0.25) is 9.19 Å². The average Bonchev–Trinajstić information content (AvgIpc) is 2.31. The Hall–Kier alpha value is -0.740. The molecular formula is C11H16N2OS. The number of aromatic nitrogens is 1. The molecule has 1 aromatic heterocycles. The van der Waals surface area contributed by atoms with Crippen LogP contribution in [0.4, 0.5) is 0 Å². The molecule has 1 aliphatic heterocycles. The van der Waals surface area contributed by atoms with E-state index in [0.29, 0.717) is 6.04 Å². The van der Waals surface area contributed by atoms with Gasteiger partial charge in [0.15, 0.2) is 0 Å². The van der Waals surface area contributed by atoms with Crippen LogP contribution in [-0.4, -0.2) is 27.5 Å². The van der Waals surface area contributed by atoms with E-state index < -0.39 is 10.8 Å². The van der Waals surface area contributed by atoms with Gasteiger partial charge in [-0.2, -0.15) is 0 Å². The molecule has 0 amide bonds. The van der Waals surface area contributed by atoms with E-state index in [2.05, 4.69) is 10.3 Å². The number of hydrogen-bond donors (Lipinski definition) is 1. The van der Waals surface area contributed by atoms with Crippen molar-refractivity contribution in [1.82, 2.24) is 10.3 Å². The van der Waals surface area contributed by atoms with Crippen LogP contribution in [0.15, 0.2) is 29.4 Å². The van der Waals surface area contributed by atoms with Gasteiger partial charge in [0.05, 0.1) is 10.8 Å². The van der Waals surface area contributed by atoms with Crippen LogP contribution in [0.1, 0.15) is 19.3 Å². The predicted molar refractivity (Wildman–Crippen MR) is 61.2 cm³/mol. The highest BCUT2D eigenvalue weighted by atomic mass is 32.2. The molecule has 0 aromatic carbocycles. The van der Waals surface area contributed by atoms with Crippen molar-refractivity contribution in [2.75, 3.05) is 12.3 Å². The van der Waals surface area contributed by atoms with Gasteiger partial charge < -0.3 is 5.32 Å². The molecule has 2 rings (SSSR count). The first kappa shape index (κ1) is 10.8. The van der Waals surface area contributed by atoms with Gasteiger partial charge in [0.1, 0.15) is 0 Å². The number of rotatable bonds is 3. The summed E-state index contributed by atoms with van der Waals surface area (Å²) >= 11 is 0. The van der Waals surface area contributed by atoms with Crippen molar-refractivity contribution in [3.05, 3.63) is 24.5 Å². The number of nitrogens with one attached hydrogen (secondary N) is 1. The lowest BCUT2D eigenvalue weighted by atomic mass is 10.1. The standard InChI is InChI=1S/C11H16N2OS/c14-15(11-4-7-12-8-5-11)9-10-3-1-2-6-13-10/h4-5,7-8,10,13H,1-3,6,9H2/t10-,15+/m0/s1. The maximum atomic E-state index is 12.0. The molecular weight excluding hydrogens is 208 g/mol. The summed E-state index contributed by atoms with van der Waals surface area (Å²) in [6.07, 6.45) is 7.05. The highest BCUT2D eigenvalue weighted by Gasteiger charge is 2.16. The van der Waals surface area contributed by atoms with Gasteiger partial charge in [-0.1, -0.05) is 6.42 Å². The van der Waals surface area contributed by atoms with Crippen LogP contribution < -0.4 is 5.32 Å². The maximum Gasteiger partial charge on any atom is 0.0546 e. The molecule has 0 aliphatic carbocycles. The second-order valence-electron chi connectivity index (χ2n) is 3.84. The first-order valence-corrected chi connectivity index (χ1v) is 6.70. The summed E-state index contributed by atoms with van der Waals surface area (Å²) in [5, 5.41) is 3.41.